The fourth-order valence-electron chi connectivity index (χ4n) is 2.22. The Bertz CT molecular complexity index is 840. The summed E-state index contributed by atoms with van der Waals surface area (Å²) < 4.78 is 26.2. The number of hydrogen-bond donors (Lipinski definition) is 2. The molecule has 22 heavy (non-hydrogen) atoms. The van der Waals surface area contributed by atoms with E-state index < -0.39 is 11.6 Å². The summed E-state index contributed by atoms with van der Waals surface area (Å²) in [6.07, 6.45) is 0. The zero-order valence-corrected chi connectivity index (χ0v) is 12.0. The molecule has 6 heteroatoms. The molecule has 3 nitrogen and oxygen atoms in total. The molecule has 3 aromatic rings. The summed E-state index contributed by atoms with van der Waals surface area (Å²) in [6, 6.07) is 10.0. The maximum absolute atomic E-state index is 13.1. The van der Waals surface area contributed by atoms with E-state index in [1.807, 2.05) is 0 Å². The highest BCUT2D eigenvalue weighted by atomic mass is 35.5. The van der Waals surface area contributed by atoms with Crippen LogP contribution in [0.15, 0.2) is 42.5 Å². The number of halogens is 3. The molecule has 0 saturated carbocycles. The molecular formula is C16H11ClF2N2O. The highest BCUT2D eigenvalue weighted by Gasteiger charge is 2.10. The third-order valence-electron chi connectivity index (χ3n) is 3.20. The van der Waals surface area contributed by atoms with Crippen LogP contribution >= 0.6 is 11.6 Å². The molecule has 0 aliphatic carbocycles. The van der Waals surface area contributed by atoms with Gasteiger partial charge in [-0.25, -0.2) is 8.78 Å². The number of nitrogens with one attached hydrogen (secondary N) is 2. The monoisotopic (exact) mass is 320 g/mol. The van der Waals surface area contributed by atoms with Gasteiger partial charge in [-0.05, 0) is 42.0 Å². The van der Waals surface area contributed by atoms with Crippen LogP contribution in [0.1, 0.15) is 16.1 Å². The lowest BCUT2D eigenvalue weighted by Gasteiger charge is -2.04. The Kier molecular flexibility index (Phi) is 3.81. The topological polar surface area (TPSA) is 44.9 Å². The molecule has 1 aromatic heterocycles. The summed E-state index contributed by atoms with van der Waals surface area (Å²) in [7, 11) is 0. The van der Waals surface area contributed by atoms with Crippen molar-refractivity contribution in [1.29, 1.82) is 0 Å². The van der Waals surface area contributed by atoms with Crippen molar-refractivity contribution in [2.24, 2.45) is 0 Å². The maximum atomic E-state index is 13.1. The molecule has 0 saturated heterocycles. The molecular weight excluding hydrogens is 310 g/mol. The molecule has 0 bridgehead atoms. The minimum absolute atomic E-state index is 0.0314. The van der Waals surface area contributed by atoms with Crippen LogP contribution in [-0.2, 0) is 6.54 Å². The number of amides is 1. The van der Waals surface area contributed by atoms with E-state index in [2.05, 4.69) is 10.3 Å². The minimum Gasteiger partial charge on any atom is -0.351 e. The van der Waals surface area contributed by atoms with Crippen molar-refractivity contribution < 1.29 is 13.6 Å². The van der Waals surface area contributed by atoms with Crippen molar-refractivity contribution in [3.63, 3.8) is 0 Å². The lowest BCUT2D eigenvalue weighted by molar-refractivity contribution is 0.0946. The summed E-state index contributed by atoms with van der Waals surface area (Å²) in [5.74, 6) is -1.72. The van der Waals surface area contributed by atoms with E-state index in [1.54, 1.807) is 24.3 Å². The number of carbonyl (C=O) groups excluding carboxylic acids is 1. The number of rotatable bonds is 3. The maximum Gasteiger partial charge on any atom is 0.267 e. The number of fused-ring (bicyclic) bond motifs is 1. The molecule has 2 N–H and O–H groups in total. The highest BCUT2D eigenvalue weighted by molar-refractivity contribution is 6.31. The predicted molar refractivity (Wildman–Crippen MR) is 80.8 cm³/mol. The van der Waals surface area contributed by atoms with E-state index in [0.29, 0.717) is 16.3 Å². The zero-order valence-electron chi connectivity index (χ0n) is 11.3. The van der Waals surface area contributed by atoms with Crippen molar-refractivity contribution in [3.8, 4) is 0 Å². The van der Waals surface area contributed by atoms with Crippen molar-refractivity contribution in [1.82, 2.24) is 10.3 Å². The van der Waals surface area contributed by atoms with Gasteiger partial charge < -0.3 is 10.3 Å². The van der Waals surface area contributed by atoms with Gasteiger partial charge in [-0.1, -0.05) is 11.6 Å². The van der Waals surface area contributed by atoms with Crippen molar-refractivity contribution in [2.75, 3.05) is 0 Å². The van der Waals surface area contributed by atoms with E-state index >= 15 is 0 Å². The average Bonchev–Trinajstić information content (AvgIpc) is 2.86. The summed E-state index contributed by atoms with van der Waals surface area (Å²) in [4.78, 5) is 15.0. The third-order valence-corrected chi connectivity index (χ3v) is 3.44. The molecule has 0 unspecified atom stereocenters. The highest BCUT2D eigenvalue weighted by Crippen LogP contribution is 2.20. The summed E-state index contributed by atoms with van der Waals surface area (Å²) in [6.45, 7) is 0.0314. The summed E-state index contributed by atoms with van der Waals surface area (Å²) in [5.41, 5.74) is 1.49. The number of aromatic amines is 1. The van der Waals surface area contributed by atoms with Crippen molar-refractivity contribution >= 4 is 28.4 Å². The Morgan fingerprint density at radius 1 is 1.09 bits per heavy atom. The van der Waals surface area contributed by atoms with Gasteiger partial charge in [0.15, 0.2) is 0 Å². The number of benzene rings is 2. The molecule has 0 fully saturated rings. The Morgan fingerprint density at radius 3 is 2.55 bits per heavy atom. The van der Waals surface area contributed by atoms with E-state index in [-0.39, 0.29) is 12.5 Å². The molecule has 0 aliphatic rings. The van der Waals surface area contributed by atoms with Crippen LogP contribution in [0.4, 0.5) is 8.78 Å². The van der Waals surface area contributed by atoms with Crippen LogP contribution < -0.4 is 5.32 Å². The molecule has 0 radical (unpaired) electrons. The normalized spacial score (nSPS) is 10.9. The fraction of sp³-hybridized carbons (Fsp3) is 0.0625. The minimum atomic E-state index is -0.676. The smallest absolute Gasteiger partial charge is 0.267 e. The first-order valence-corrected chi connectivity index (χ1v) is 6.90. The molecule has 1 amide bonds. The fourth-order valence-corrected chi connectivity index (χ4v) is 2.40. The van der Waals surface area contributed by atoms with Crippen LogP contribution in [0, 0.1) is 11.6 Å². The van der Waals surface area contributed by atoms with E-state index in [4.69, 9.17) is 11.6 Å². The van der Waals surface area contributed by atoms with E-state index in [9.17, 15) is 13.6 Å². The zero-order chi connectivity index (χ0) is 15.7. The molecule has 1 heterocycles. The number of hydrogen-bond acceptors (Lipinski definition) is 1. The Morgan fingerprint density at radius 2 is 1.82 bits per heavy atom. The van der Waals surface area contributed by atoms with Gasteiger partial charge in [0.25, 0.3) is 5.91 Å². The standard InChI is InChI=1S/C16H11ClF2N2O/c17-11-1-2-14-10(5-11)6-15(21-14)16(22)20-8-9-3-12(18)7-13(19)4-9/h1-7,21H,8H2,(H,20,22). The predicted octanol–water partition coefficient (Wildman–Crippen LogP) is 4.03. The van der Waals surface area contributed by atoms with Crippen molar-refractivity contribution in [2.45, 2.75) is 6.54 Å². The molecule has 0 atom stereocenters. The lowest BCUT2D eigenvalue weighted by atomic mass is 10.2. The Balaban J connectivity index is 1.75. The van der Waals surface area contributed by atoms with Crippen LogP contribution in [0.25, 0.3) is 10.9 Å². The number of aromatic nitrogens is 1. The van der Waals surface area contributed by atoms with Crippen LogP contribution in [-0.4, -0.2) is 10.9 Å². The third kappa shape index (κ3) is 3.09. The van der Waals surface area contributed by atoms with Gasteiger partial charge in [0.2, 0.25) is 0 Å². The average molecular weight is 321 g/mol. The molecule has 3 rings (SSSR count). The Hall–Kier alpha value is -2.40. The largest absolute Gasteiger partial charge is 0.351 e. The molecule has 112 valence electrons. The second kappa shape index (κ2) is 5.77. The molecule has 0 spiro atoms. The van der Waals surface area contributed by atoms with Gasteiger partial charge in [0.1, 0.15) is 17.3 Å². The molecule has 0 aliphatic heterocycles. The van der Waals surface area contributed by atoms with Crippen molar-refractivity contribution in [3.05, 3.63) is 70.4 Å². The van der Waals surface area contributed by atoms with Crippen LogP contribution in [0.5, 0.6) is 0 Å². The van der Waals surface area contributed by atoms with E-state index in [0.717, 1.165) is 17.0 Å². The van der Waals surface area contributed by atoms with Gasteiger partial charge in [-0.3, -0.25) is 4.79 Å². The molecule has 2 aromatic carbocycles. The summed E-state index contributed by atoms with van der Waals surface area (Å²) >= 11 is 5.89. The van der Waals surface area contributed by atoms with Gasteiger partial charge in [0, 0.05) is 28.5 Å². The van der Waals surface area contributed by atoms with Crippen LogP contribution in [0.3, 0.4) is 0 Å². The van der Waals surface area contributed by atoms with Gasteiger partial charge in [-0.2, -0.15) is 0 Å². The lowest BCUT2D eigenvalue weighted by Crippen LogP contribution is -2.23. The number of H-pyrrole nitrogens is 1. The second-order valence-electron chi connectivity index (χ2n) is 4.87. The quantitative estimate of drug-likeness (QED) is 0.752. The van der Waals surface area contributed by atoms with E-state index in [1.165, 1.54) is 12.1 Å². The first-order chi connectivity index (χ1) is 10.5. The first kappa shape index (κ1) is 14.5. The SMILES string of the molecule is O=C(NCc1cc(F)cc(F)c1)c1cc2cc(Cl)ccc2[nH]1. The first-order valence-electron chi connectivity index (χ1n) is 6.53. The Labute approximate surface area is 129 Å². The van der Waals surface area contributed by atoms with Gasteiger partial charge in [-0.15, -0.1) is 0 Å². The van der Waals surface area contributed by atoms with Gasteiger partial charge >= 0.3 is 0 Å². The second-order valence-corrected chi connectivity index (χ2v) is 5.31. The summed E-state index contributed by atoms with van der Waals surface area (Å²) in [5, 5.41) is 4.00. The van der Waals surface area contributed by atoms with Gasteiger partial charge in [0.05, 0.1) is 0 Å². The number of carbonyl (C=O) groups is 1. The van der Waals surface area contributed by atoms with Crippen LogP contribution in [0.2, 0.25) is 5.02 Å².